The van der Waals surface area contributed by atoms with Crippen LogP contribution >= 0.6 is 11.6 Å². The van der Waals surface area contributed by atoms with Crippen LogP contribution in [0.25, 0.3) is 0 Å². The van der Waals surface area contributed by atoms with Gasteiger partial charge in [0, 0.05) is 18.6 Å². The molecule has 0 saturated carbocycles. The molecule has 1 saturated heterocycles. The lowest BCUT2D eigenvalue weighted by Crippen LogP contribution is -2.31. The molecule has 0 amide bonds. The van der Waals surface area contributed by atoms with Gasteiger partial charge in [-0.15, -0.1) is 0 Å². The molecule has 1 N–H and O–H groups in total. The smallest absolute Gasteiger partial charge is 0.154 e. The zero-order chi connectivity index (χ0) is 10.6. The van der Waals surface area contributed by atoms with Crippen LogP contribution in [0.4, 0.5) is 0 Å². The van der Waals surface area contributed by atoms with Crippen molar-refractivity contribution in [2.24, 2.45) is 0 Å². The first kappa shape index (κ1) is 12.0. The van der Waals surface area contributed by atoms with Crippen molar-refractivity contribution in [2.75, 3.05) is 18.8 Å². The predicted octanol–water partition coefficient (Wildman–Crippen LogP) is 1.30. The Bertz CT molecular complexity index is 311. The Kier molecular flexibility index (Phi) is 4.41. The summed E-state index contributed by atoms with van der Waals surface area (Å²) in [6.45, 7) is 3.11. The number of nitrogens with one attached hydrogen (secondary N) is 1. The molecule has 0 bridgehead atoms. The highest BCUT2D eigenvalue weighted by Gasteiger charge is 2.30. The molecule has 1 unspecified atom stereocenters. The van der Waals surface area contributed by atoms with Gasteiger partial charge in [-0.25, -0.2) is 8.42 Å². The van der Waals surface area contributed by atoms with E-state index < -0.39 is 9.84 Å². The molecule has 0 aromatic heterocycles. The van der Waals surface area contributed by atoms with Crippen molar-refractivity contribution in [3.63, 3.8) is 0 Å². The normalized spacial score (nSPS) is 26.7. The van der Waals surface area contributed by atoms with Crippen LogP contribution in [0.3, 0.4) is 0 Å². The van der Waals surface area contributed by atoms with Crippen molar-refractivity contribution < 1.29 is 8.42 Å². The zero-order valence-corrected chi connectivity index (χ0v) is 9.87. The number of rotatable bonds is 4. The van der Waals surface area contributed by atoms with Gasteiger partial charge in [0.1, 0.15) is 0 Å². The van der Waals surface area contributed by atoms with E-state index in [-0.39, 0.29) is 5.25 Å². The Morgan fingerprint density at radius 2 is 2.36 bits per heavy atom. The third-order valence-electron chi connectivity index (χ3n) is 2.42. The molecular formula is C9H16ClNO2S. The van der Waals surface area contributed by atoms with E-state index in [4.69, 9.17) is 11.6 Å². The number of halogens is 1. The van der Waals surface area contributed by atoms with Crippen molar-refractivity contribution in [2.45, 2.75) is 25.0 Å². The second-order valence-corrected chi connectivity index (χ2v) is 6.34. The molecule has 1 rings (SSSR count). The summed E-state index contributed by atoms with van der Waals surface area (Å²) in [5.41, 5.74) is 2.53. The van der Waals surface area contributed by atoms with Gasteiger partial charge >= 0.3 is 0 Å². The summed E-state index contributed by atoms with van der Waals surface area (Å²) in [6, 6.07) is 0. The predicted molar refractivity (Wildman–Crippen MR) is 59.3 cm³/mol. The van der Waals surface area contributed by atoms with Crippen molar-refractivity contribution in [3.05, 3.63) is 11.1 Å². The molecule has 1 fully saturated rings. The summed E-state index contributed by atoms with van der Waals surface area (Å²) < 4.78 is 22.9. The van der Waals surface area contributed by atoms with Gasteiger partial charge in [0.15, 0.2) is 9.84 Å². The molecule has 0 aromatic rings. The van der Waals surface area contributed by atoms with Crippen LogP contribution in [0, 0.1) is 0 Å². The van der Waals surface area contributed by atoms with Crippen molar-refractivity contribution >= 4 is 21.4 Å². The maximum atomic E-state index is 11.4. The lowest BCUT2D eigenvalue weighted by molar-refractivity contribution is 0.579. The van der Waals surface area contributed by atoms with E-state index in [0.29, 0.717) is 18.8 Å². The van der Waals surface area contributed by atoms with E-state index in [0.717, 1.165) is 18.4 Å². The van der Waals surface area contributed by atoms with Crippen LogP contribution in [0.2, 0.25) is 0 Å². The van der Waals surface area contributed by atoms with E-state index in [1.54, 1.807) is 0 Å². The van der Waals surface area contributed by atoms with E-state index >= 15 is 0 Å². The first-order valence-corrected chi connectivity index (χ1v) is 6.89. The van der Waals surface area contributed by atoms with Gasteiger partial charge in [-0.2, -0.15) is 0 Å². The average Bonchev–Trinajstić information content (AvgIpc) is 2.45. The molecule has 0 aliphatic carbocycles. The zero-order valence-electron chi connectivity index (χ0n) is 8.29. The third kappa shape index (κ3) is 3.26. The van der Waals surface area contributed by atoms with E-state index in [1.165, 1.54) is 5.54 Å². The molecule has 0 radical (unpaired) electrons. The minimum absolute atomic E-state index is 0.189. The Morgan fingerprint density at radius 1 is 1.64 bits per heavy atom. The lowest BCUT2D eigenvalue weighted by Gasteiger charge is -2.10. The summed E-state index contributed by atoms with van der Waals surface area (Å²) >= 11 is 5.48. The SMILES string of the molecule is CC(=CCl)CNCC1CCCS1(=O)=O. The first-order valence-electron chi connectivity index (χ1n) is 4.74. The molecule has 0 aromatic carbocycles. The molecular weight excluding hydrogens is 222 g/mol. The van der Waals surface area contributed by atoms with Crippen LogP contribution < -0.4 is 5.32 Å². The fraction of sp³-hybridized carbons (Fsp3) is 0.778. The second-order valence-electron chi connectivity index (χ2n) is 3.72. The number of sulfone groups is 1. The number of hydrogen-bond donors (Lipinski definition) is 1. The largest absolute Gasteiger partial charge is 0.312 e. The highest BCUT2D eigenvalue weighted by molar-refractivity contribution is 7.92. The van der Waals surface area contributed by atoms with Gasteiger partial charge in [-0.05, 0) is 25.3 Å². The van der Waals surface area contributed by atoms with Crippen molar-refractivity contribution in [1.29, 1.82) is 0 Å². The topological polar surface area (TPSA) is 46.2 Å². The first-order chi connectivity index (χ1) is 6.56. The highest BCUT2D eigenvalue weighted by atomic mass is 35.5. The monoisotopic (exact) mass is 237 g/mol. The van der Waals surface area contributed by atoms with Crippen molar-refractivity contribution in [3.8, 4) is 0 Å². The molecule has 14 heavy (non-hydrogen) atoms. The van der Waals surface area contributed by atoms with Gasteiger partial charge in [0.05, 0.1) is 11.0 Å². The summed E-state index contributed by atoms with van der Waals surface area (Å²) in [6.07, 6.45) is 1.60. The average molecular weight is 238 g/mol. The third-order valence-corrected chi connectivity index (χ3v) is 5.07. The van der Waals surface area contributed by atoms with Crippen LogP contribution in [0.1, 0.15) is 19.8 Å². The molecule has 0 spiro atoms. The Morgan fingerprint density at radius 3 is 2.86 bits per heavy atom. The molecule has 1 atom stereocenters. The Hall–Kier alpha value is -0.0600. The van der Waals surface area contributed by atoms with E-state index in [1.807, 2.05) is 6.92 Å². The minimum atomic E-state index is -2.81. The second kappa shape index (κ2) is 5.14. The number of hydrogen-bond acceptors (Lipinski definition) is 3. The van der Waals surface area contributed by atoms with Gasteiger partial charge in [0.2, 0.25) is 0 Å². The summed E-state index contributed by atoms with van der Waals surface area (Å²) in [4.78, 5) is 0. The molecule has 1 heterocycles. The van der Waals surface area contributed by atoms with Crippen LogP contribution in [0.5, 0.6) is 0 Å². The maximum absolute atomic E-state index is 11.4. The summed E-state index contributed by atoms with van der Waals surface area (Å²) in [7, 11) is -2.81. The highest BCUT2D eigenvalue weighted by Crippen LogP contribution is 2.18. The van der Waals surface area contributed by atoms with Gasteiger partial charge in [-0.3, -0.25) is 0 Å². The fourth-order valence-electron chi connectivity index (χ4n) is 1.56. The molecule has 5 heteroatoms. The van der Waals surface area contributed by atoms with Gasteiger partial charge in [-0.1, -0.05) is 11.6 Å². The lowest BCUT2D eigenvalue weighted by atomic mass is 10.2. The van der Waals surface area contributed by atoms with Crippen molar-refractivity contribution in [1.82, 2.24) is 5.32 Å². The maximum Gasteiger partial charge on any atom is 0.154 e. The molecule has 1 aliphatic heterocycles. The molecule has 82 valence electrons. The van der Waals surface area contributed by atoms with E-state index in [2.05, 4.69) is 5.32 Å². The standard InChI is InChI=1S/C9H16ClNO2S/c1-8(5-10)6-11-7-9-3-2-4-14(9,12)13/h5,9,11H,2-4,6-7H2,1H3. The Labute approximate surface area is 90.4 Å². The van der Waals surface area contributed by atoms with Crippen LogP contribution in [-0.2, 0) is 9.84 Å². The van der Waals surface area contributed by atoms with Gasteiger partial charge in [0.25, 0.3) is 0 Å². The minimum Gasteiger partial charge on any atom is -0.312 e. The van der Waals surface area contributed by atoms with E-state index in [9.17, 15) is 8.42 Å². The molecule has 1 aliphatic rings. The van der Waals surface area contributed by atoms with Crippen LogP contribution in [-0.4, -0.2) is 32.5 Å². The Balaban J connectivity index is 2.32. The molecule has 3 nitrogen and oxygen atoms in total. The fourth-order valence-corrected chi connectivity index (χ4v) is 3.43. The summed E-state index contributed by atoms with van der Waals surface area (Å²) in [5, 5.41) is 2.91. The van der Waals surface area contributed by atoms with Crippen LogP contribution in [0.15, 0.2) is 11.1 Å². The van der Waals surface area contributed by atoms with Gasteiger partial charge < -0.3 is 5.32 Å². The quantitative estimate of drug-likeness (QED) is 0.802. The summed E-state index contributed by atoms with van der Waals surface area (Å²) in [5.74, 6) is 0.351.